The van der Waals surface area contributed by atoms with Crippen LogP contribution >= 0.6 is 11.8 Å². The monoisotopic (exact) mass is 316 g/mol. The second-order valence-electron chi connectivity index (χ2n) is 5.52. The predicted octanol–water partition coefficient (Wildman–Crippen LogP) is 0.564. The molecule has 2 fully saturated rings. The molecule has 6 nitrogen and oxygen atoms in total. The summed E-state index contributed by atoms with van der Waals surface area (Å²) >= 11 is 1.90. The number of carbonyl (C=O) groups excluding carboxylic acids is 1. The number of ether oxygens (including phenoxy) is 1. The van der Waals surface area contributed by atoms with Crippen LogP contribution in [-0.4, -0.2) is 71.8 Å². The van der Waals surface area contributed by atoms with Crippen molar-refractivity contribution in [2.45, 2.75) is 37.8 Å². The zero-order valence-electron chi connectivity index (χ0n) is 12.3. The summed E-state index contributed by atoms with van der Waals surface area (Å²) in [4.78, 5) is 24.6. The molecule has 0 bridgehead atoms. The van der Waals surface area contributed by atoms with Gasteiger partial charge in [-0.2, -0.15) is 11.8 Å². The molecular formula is C14H24N2O4S. The number of hydrogen-bond donors (Lipinski definition) is 2. The van der Waals surface area contributed by atoms with E-state index in [0.717, 1.165) is 44.0 Å². The number of piperidine rings is 1. The van der Waals surface area contributed by atoms with Gasteiger partial charge in [0, 0.05) is 43.6 Å². The molecule has 2 saturated heterocycles. The Morgan fingerprint density at radius 1 is 1.33 bits per heavy atom. The average molecular weight is 316 g/mol. The standard InChI is InChI=1S/C14H24N2O4S/c17-13(9-11-10-21-8-4-15-11)16-5-1-12(2-6-16)20-7-3-14(18)19/h11-12,15H,1-10H2,(H,18,19). The maximum absolute atomic E-state index is 12.2. The number of nitrogens with zero attached hydrogens (tertiary/aromatic N) is 1. The molecule has 2 heterocycles. The second kappa shape index (κ2) is 8.60. The summed E-state index contributed by atoms with van der Waals surface area (Å²) in [6, 6.07) is 0.306. The summed E-state index contributed by atoms with van der Waals surface area (Å²) in [6.07, 6.45) is 2.33. The van der Waals surface area contributed by atoms with E-state index >= 15 is 0 Å². The fraction of sp³-hybridized carbons (Fsp3) is 0.857. The van der Waals surface area contributed by atoms with E-state index in [9.17, 15) is 9.59 Å². The maximum atomic E-state index is 12.2. The molecule has 0 aliphatic carbocycles. The van der Waals surface area contributed by atoms with E-state index in [1.807, 2.05) is 16.7 Å². The summed E-state index contributed by atoms with van der Waals surface area (Å²) in [7, 11) is 0. The van der Waals surface area contributed by atoms with Crippen LogP contribution in [0.15, 0.2) is 0 Å². The SMILES string of the molecule is O=C(O)CCOC1CCN(C(=O)CC2CSCCN2)CC1. The number of rotatable bonds is 6. The van der Waals surface area contributed by atoms with Crippen LogP contribution in [0.5, 0.6) is 0 Å². The number of aliphatic carboxylic acids is 1. The molecular weight excluding hydrogens is 292 g/mol. The van der Waals surface area contributed by atoms with E-state index in [2.05, 4.69) is 5.32 Å². The van der Waals surface area contributed by atoms with Gasteiger partial charge in [-0.15, -0.1) is 0 Å². The number of amides is 1. The molecule has 0 aromatic carbocycles. The third-order valence-corrected chi connectivity index (χ3v) is 5.01. The summed E-state index contributed by atoms with van der Waals surface area (Å²) in [5.41, 5.74) is 0. The van der Waals surface area contributed by atoms with Gasteiger partial charge in [0.15, 0.2) is 0 Å². The number of likely N-dealkylation sites (tertiary alicyclic amines) is 1. The predicted molar refractivity (Wildman–Crippen MR) is 81.5 cm³/mol. The Hall–Kier alpha value is -0.790. The Morgan fingerprint density at radius 2 is 2.10 bits per heavy atom. The Balaban J connectivity index is 1.63. The van der Waals surface area contributed by atoms with Crippen molar-refractivity contribution in [1.29, 1.82) is 0 Å². The molecule has 21 heavy (non-hydrogen) atoms. The van der Waals surface area contributed by atoms with E-state index in [4.69, 9.17) is 9.84 Å². The lowest BCUT2D eigenvalue weighted by Crippen LogP contribution is -2.45. The normalized spacial score (nSPS) is 24.0. The molecule has 0 radical (unpaired) electrons. The van der Waals surface area contributed by atoms with Gasteiger partial charge in [-0.1, -0.05) is 0 Å². The van der Waals surface area contributed by atoms with Gasteiger partial charge in [0.05, 0.1) is 19.1 Å². The largest absolute Gasteiger partial charge is 0.481 e. The van der Waals surface area contributed by atoms with E-state index in [-0.39, 0.29) is 25.0 Å². The Morgan fingerprint density at radius 3 is 2.71 bits per heavy atom. The van der Waals surface area contributed by atoms with Gasteiger partial charge in [-0.05, 0) is 12.8 Å². The molecule has 2 aliphatic heterocycles. The fourth-order valence-electron chi connectivity index (χ4n) is 2.68. The topological polar surface area (TPSA) is 78.9 Å². The number of carbonyl (C=O) groups is 2. The highest BCUT2D eigenvalue weighted by Gasteiger charge is 2.25. The first kappa shape index (κ1) is 16.6. The first-order valence-corrected chi connectivity index (χ1v) is 8.73. The van der Waals surface area contributed by atoms with Crippen LogP contribution in [0.2, 0.25) is 0 Å². The molecule has 1 atom stereocenters. The molecule has 0 aromatic heterocycles. The molecule has 2 aliphatic rings. The first-order valence-electron chi connectivity index (χ1n) is 7.57. The van der Waals surface area contributed by atoms with Crippen LogP contribution in [0.4, 0.5) is 0 Å². The van der Waals surface area contributed by atoms with Crippen molar-refractivity contribution >= 4 is 23.6 Å². The number of carboxylic acids is 1. The summed E-state index contributed by atoms with van der Waals surface area (Å²) in [5.74, 6) is 1.53. The molecule has 0 spiro atoms. The smallest absolute Gasteiger partial charge is 0.305 e. The highest BCUT2D eigenvalue weighted by atomic mass is 32.2. The Kier molecular flexibility index (Phi) is 6.79. The van der Waals surface area contributed by atoms with Gasteiger partial charge >= 0.3 is 5.97 Å². The van der Waals surface area contributed by atoms with Crippen LogP contribution in [0, 0.1) is 0 Å². The third kappa shape index (κ3) is 5.84. The lowest BCUT2D eigenvalue weighted by Gasteiger charge is -2.33. The van der Waals surface area contributed by atoms with Gasteiger partial charge < -0.3 is 20.1 Å². The van der Waals surface area contributed by atoms with Crippen molar-refractivity contribution < 1.29 is 19.4 Å². The lowest BCUT2D eigenvalue weighted by molar-refractivity contribution is -0.139. The number of carboxylic acid groups (broad SMARTS) is 1. The van der Waals surface area contributed by atoms with E-state index in [0.29, 0.717) is 12.5 Å². The van der Waals surface area contributed by atoms with Crippen molar-refractivity contribution in [3.63, 3.8) is 0 Å². The molecule has 0 saturated carbocycles. The average Bonchev–Trinajstić information content (AvgIpc) is 2.48. The van der Waals surface area contributed by atoms with Crippen molar-refractivity contribution in [2.75, 3.05) is 37.7 Å². The molecule has 2 N–H and O–H groups in total. The van der Waals surface area contributed by atoms with E-state index in [1.54, 1.807) is 0 Å². The zero-order valence-corrected chi connectivity index (χ0v) is 13.1. The molecule has 0 aromatic rings. The molecule has 120 valence electrons. The van der Waals surface area contributed by atoms with Crippen molar-refractivity contribution in [2.24, 2.45) is 0 Å². The van der Waals surface area contributed by atoms with Gasteiger partial charge in [0.1, 0.15) is 0 Å². The minimum atomic E-state index is -0.833. The second-order valence-corrected chi connectivity index (χ2v) is 6.67. The highest BCUT2D eigenvalue weighted by molar-refractivity contribution is 7.99. The quantitative estimate of drug-likeness (QED) is 0.746. The summed E-state index contributed by atoms with van der Waals surface area (Å²) in [6.45, 7) is 2.69. The minimum Gasteiger partial charge on any atom is -0.481 e. The van der Waals surface area contributed by atoms with E-state index < -0.39 is 5.97 Å². The van der Waals surface area contributed by atoms with Crippen molar-refractivity contribution in [3.05, 3.63) is 0 Å². The molecule has 1 unspecified atom stereocenters. The van der Waals surface area contributed by atoms with Crippen LogP contribution in [0.1, 0.15) is 25.7 Å². The Labute approximate surface area is 129 Å². The van der Waals surface area contributed by atoms with Gasteiger partial charge in [0.2, 0.25) is 5.91 Å². The highest BCUT2D eigenvalue weighted by Crippen LogP contribution is 2.17. The van der Waals surface area contributed by atoms with Crippen molar-refractivity contribution in [3.8, 4) is 0 Å². The maximum Gasteiger partial charge on any atom is 0.305 e. The number of thioether (sulfide) groups is 1. The van der Waals surface area contributed by atoms with E-state index in [1.165, 1.54) is 0 Å². The fourth-order valence-corrected chi connectivity index (χ4v) is 3.62. The van der Waals surface area contributed by atoms with Crippen LogP contribution < -0.4 is 5.32 Å². The Bertz CT molecular complexity index is 353. The van der Waals surface area contributed by atoms with Crippen molar-refractivity contribution in [1.82, 2.24) is 10.2 Å². The molecule has 1 amide bonds. The first-order chi connectivity index (χ1) is 10.1. The van der Waals surface area contributed by atoms with Gasteiger partial charge in [0.25, 0.3) is 0 Å². The minimum absolute atomic E-state index is 0.0458. The van der Waals surface area contributed by atoms with Gasteiger partial charge in [-0.25, -0.2) is 0 Å². The molecule has 7 heteroatoms. The van der Waals surface area contributed by atoms with Crippen LogP contribution in [0.3, 0.4) is 0 Å². The number of hydrogen-bond acceptors (Lipinski definition) is 5. The number of nitrogens with one attached hydrogen (secondary N) is 1. The van der Waals surface area contributed by atoms with Crippen LogP contribution in [0.25, 0.3) is 0 Å². The third-order valence-electron chi connectivity index (χ3n) is 3.88. The summed E-state index contributed by atoms with van der Waals surface area (Å²) < 4.78 is 5.54. The molecule has 2 rings (SSSR count). The lowest BCUT2D eigenvalue weighted by atomic mass is 10.1. The van der Waals surface area contributed by atoms with Crippen LogP contribution in [-0.2, 0) is 14.3 Å². The zero-order chi connectivity index (χ0) is 15.1. The van der Waals surface area contributed by atoms with Gasteiger partial charge in [-0.3, -0.25) is 9.59 Å². The summed E-state index contributed by atoms with van der Waals surface area (Å²) in [5, 5.41) is 12.0.